The Labute approximate surface area is 183 Å². The fourth-order valence-corrected chi connectivity index (χ4v) is 3.69. The van der Waals surface area contributed by atoms with Crippen LogP contribution in [0, 0.1) is 11.8 Å². The summed E-state index contributed by atoms with van der Waals surface area (Å²) >= 11 is 0. The topological polar surface area (TPSA) is 93.9 Å². The minimum atomic E-state index is -0.953. The summed E-state index contributed by atoms with van der Waals surface area (Å²) in [7, 11) is 3.18. The number of benzene rings is 1. The van der Waals surface area contributed by atoms with Crippen LogP contribution >= 0.6 is 0 Å². The van der Waals surface area contributed by atoms with E-state index in [9.17, 15) is 14.7 Å². The molecule has 0 aliphatic carbocycles. The predicted molar refractivity (Wildman–Crippen MR) is 120 cm³/mol. The maximum Gasteiger partial charge on any atom is 0.305 e. The minimum absolute atomic E-state index is 0.152. The van der Waals surface area contributed by atoms with Gasteiger partial charge in [-0.25, -0.2) is 0 Å². The van der Waals surface area contributed by atoms with Crippen LogP contribution in [0.25, 0.3) is 11.3 Å². The molecule has 0 unspecified atom stereocenters. The summed E-state index contributed by atoms with van der Waals surface area (Å²) in [5.74, 6) is 1.22. The van der Waals surface area contributed by atoms with Crippen molar-refractivity contribution in [2.45, 2.75) is 53.1 Å². The van der Waals surface area contributed by atoms with Crippen LogP contribution in [0.4, 0.5) is 5.82 Å². The Kier molecular flexibility index (Phi) is 8.47. The van der Waals surface area contributed by atoms with Crippen molar-refractivity contribution in [3.8, 4) is 22.8 Å². The van der Waals surface area contributed by atoms with E-state index in [1.807, 2.05) is 36.7 Å². The van der Waals surface area contributed by atoms with Crippen LogP contribution in [0.1, 0.15) is 40.5 Å². The molecule has 8 nitrogen and oxygen atoms in total. The number of hydrogen-bond acceptors (Lipinski definition) is 5. The Hall–Kier alpha value is -3.03. The summed E-state index contributed by atoms with van der Waals surface area (Å²) in [4.78, 5) is 24.9. The molecule has 0 bridgehead atoms. The van der Waals surface area contributed by atoms with E-state index in [0.29, 0.717) is 42.6 Å². The Morgan fingerprint density at radius 2 is 1.77 bits per heavy atom. The van der Waals surface area contributed by atoms with Crippen molar-refractivity contribution in [3.05, 3.63) is 24.3 Å². The number of amides is 1. The number of nitrogens with zero attached hydrogens (tertiary/aromatic N) is 3. The van der Waals surface area contributed by atoms with Gasteiger partial charge in [-0.1, -0.05) is 33.8 Å². The Morgan fingerprint density at radius 3 is 2.23 bits per heavy atom. The van der Waals surface area contributed by atoms with E-state index in [1.165, 1.54) is 4.90 Å². The molecule has 2 rings (SSSR count). The number of ether oxygens (including phenoxy) is 2. The van der Waals surface area contributed by atoms with Gasteiger partial charge >= 0.3 is 5.97 Å². The molecule has 0 spiro atoms. The molecule has 0 fully saturated rings. The number of methoxy groups -OCH3 is 2. The number of carbonyl (C=O) groups is 2. The van der Waals surface area contributed by atoms with Gasteiger partial charge in [0.05, 0.1) is 31.9 Å². The molecule has 0 aliphatic rings. The Morgan fingerprint density at radius 1 is 1.16 bits per heavy atom. The summed E-state index contributed by atoms with van der Waals surface area (Å²) in [6, 6.07) is 6.83. The molecule has 0 saturated carbocycles. The van der Waals surface area contributed by atoms with E-state index in [-0.39, 0.29) is 12.3 Å². The molecule has 170 valence electrons. The lowest BCUT2D eigenvalue weighted by molar-refractivity contribution is -0.137. The Balaban J connectivity index is 2.65. The third-order valence-corrected chi connectivity index (χ3v) is 4.91. The quantitative estimate of drug-likeness (QED) is 0.509. The minimum Gasteiger partial charge on any atom is -0.496 e. The molecular formula is C23H33N3O5. The van der Waals surface area contributed by atoms with E-state index in [0.717, 1.165) is 11.3 Å². The number of rotatable bonds is 12. The van der Waals surface area contributed by atoms with Crippen molar-refractivity contribution in [2.75, 3.05) is 19.1 Å². The molecule has 1 aromatic heterocycles. The zero-order chi connectivity index (χ0) is 23.1. The van der Waals surface area contributed by atoms with Gasteiger partial charge in [0.15, 0.2) is 5.82 Å². The second-order valence-corrected chi connectivity index (χ2v) is 8.40. The number of aromatic nitrogens is 2. The molecule has 31 heavy (non-hydrogen) atoms. The van der Waals surface area contributed by atoms with Gasteiger partial charge in [-0.15, -0.1) is 0 Å². The highest BCUT2D eigenvalue weighted by Gasteiger charge is 2.27. The molecule has 1 amide bonds. The SMILES string of the molecule is COc1cccc(OC)c1-c1cc(N(C=O)[C@H](CC(=O)O)CC(C)C)nn1CC(C)C. The second-order valence-electron chi connectivity index (χ2n) is 8.40. The smallest absolute Gasteiger partial charge is 0.305 e. The van der Waals surface area contributed by atoms with Gasteiger partial charge < -0.3 is 14.6 Å². The highest BCUT2D eigenvalue weighted by molar-refractivity contribution is 5.81. The van der Waals surface area contributed by atoms with Crippen LogP contribution in [0.5, 0.6) is 11.5 Å². The van der Waals surface area contributed by atoms with Crippen LogP contribution in [-0.2, 0) is 16.1 Å². The fraction of sp³-hybridized carbons (Fsp3) is 0.522. The van der Waals surface area contributed by atoms with Crippen molar-refractivity contribution in [3.63, 3.8) is 0 Å². The number of hydrogen-bond donors (Lipinski definition) is 1. The van der Waals surface area contributed by atoms with E-state index in [1.54, 1.807) is 20.3 Å². The van der Waals surface area contributed by atoms with Crippen molar-refractivity contribution in [1.29, 1.82) is 0 Å². The highest BCUT2D eigenvalue weighted by Crippen LogP contribution is 2.40. The third-order valence-electron chi connectivity index (χ3n) is 4.91. The standard InChI is InChI=1S/C23H33N3O5/c1-15(2)10-17(11-22(28)29)25(14-27)21-12-18(26(24-21)13-16(3)4)23-19(30-5)8-7-9-20(23)31-6/h7-9,12,14-17H,10-11,13H2,1-6H3,(H,28,29)/t17-/m0/s1. The first kappa shape index (κ1) is 24.2. The summed E-state index contributed by atoms with van der Waals surface area (Å²) in [5, 5.41) is 14.1. The van der Waals surface area contributed by atoms with Crippen LogP contribution in [0.15, 0.2) is 24.3 Å². The number of carboxylic acid groups (broad SMARTS) is 1. The van der Waals surface area contributed by atoms with Gasteiger partial charge in [-0.05, 0) is 30.4 Å². The normalized spacial score (nSPS) is 12.1. The Bertz CT molecular complexity index is 869. The van der Waals surface area contributed by atoms with Crippen molar-refractivity contribution < 1.29 is 24.2 Å². The molecular weight excluding hydrogens is 398 g/mol. The van der Waals surface area contributed by atoms with Gasteiger partial charge in [0.25, 0.3) is 0 Å². The van der Waals surface area contributed by atoms with Gasteiger partial charge in [-0.2, -0.15) is 5.10 Å². The average Bonchev–Trinajstić information content (AvgIpc) is 3.08. The maximum absolute atomic E-state index is 12.1. The average molecular weight is 432 g/mol. The first-order chi connectivity index (χ1) is 14.7. The van der Waals surface area contributed by atoms with Gasteiger partial charge in [0.2, 0.25) is 6.41 Å². The zero-order valence-corrected chi connectivity index (χ0v) is 19.2. The van der Waals surface area contributed by atoms with Crippen molar-refractivity contribution in [2.24, 2.45) is 11.8 Å². The summed E-state index contributed by atoms with van der Waals surface area (Å²) in [5.41, 5.74) is 1.47. The van der Waals surface area contributed by atoms with Crippen molar-refractivity contribution in [1.82, 2.24) is 9.78 Å². The maximum atomic E-state index is 12.1. The molecule has 0 radical (unpaired) electrons. The lowest BCUT2D eigenvalue weighted by atomic mass is 10.00. The predicted octanol–water partition coefficient (Wildman–Crippen LogP) is 4.08. The summed E-state index contributed by atoms with van der Waals surface area (Å²) < 4.78 is 13.0. The summed E-state index contributed by atoms with van der Waals surface area (Å²) in [6.45, 7) is 8.76. The molecule has 1 atom stereocenters. The first-order valence-corrected chi connectivity index (χ1v) is 10.5. The molecule has 1 N–H and O–H groups in total. The van der Waals surface area contributed by atoms with Gasteiger partial charge in [0.1, 0.15) is 11.5 Å². The van der Waals surface area contributed by atoms with Crippen LogP contribution < -0.4 is 14.4 Å². The number of carbonyl (C=O) groups excluding carboxylic acids is 1. The molecule has 2 aromatic rings. The van der Waals surface area contributed by atoms with Crippen LogP contribution in [0.3, 0.4) is 0 Å². The fourth-order valence-electron chi connectivity index (χ4n) is 3.69. The van der Waals surface area contributed by atoms with E-state index in [2.05, 4.69) is 13.8 Å². The second kappa shape index (κ2) is 10.8. The monoisotopic (exact) mass is 431 g/mol. The van der Waals surface area contributed by atoms with Gasteiger partial charge in [-0.3, -0.25) is 19.2 Å². The van der Waals surface area contributed by atoms with Crippen LogP contribution in [0.2, 0.25) is 0 Å². The molecule has 0 aliphatic heterocycles. The first-order valence-electron chi connectivity index (χ1n) is 10.5. The van der Waals surface area contributed by atoms with Crippen LogP contribution in [-0.4, -0.2) is 47.5 Å². The molecule has 8 heteroatoms. The van der Waals surface area contributed by atoms with Crippen molar-refractivity contribution >= 4 is 18.2 Å². The van der Waals surface area contributed by atoms with E-state index >= 15 is 0 Å². The highest BCUT2D eigenvalue weighted by atomic mass is 16.5. The lowest BCUT2D eigenvalue weighted by Crippen LogP contribution is -2.37. The summed E-state index contributed by atoms with van der Waals surface area (Å²) in [6.07, 6.45) is 1.07. The number of carboxylic acids is 1. The zero-order valence-electron chi connectivity index (χ0n) is 19.2. The van der Waals surface area contributed by atoms with E-state index < -0.39 is 12.0 Å². The largest absolute Gasteiger partial charge is 0.496 e. The number of anilines is 1. The number of aliphatic carboxylic acids is 1. The lowest BCUT2D eigenvalue weighted by Gasteiger charge is -2.26. The molecule has 0 saturated heterocycles. The van der Waals surface area contributed by atoms with Gasteiger partial charge in [0, 0.05) is 18.7 Å². The molecule has 1 aromatic carbocycles. The third kappa shape index (κ3) is 5.99. The van der Waals surface area contributed by atoms with E-state index in [4.69, 9.17) is 14.6 Å². The molecule has 1 heterocycles.